The first-order chi connectivity index (χ1) is 21.0. The fourth-order valence-corrected chi connectivity index (χ4v) is 4.98. The molecule has 4 atom stereocenters. The summed E-state index contributed by atoms with van der Waals surface area (Å²) in [7, 11) is 0. The van der Waals surface area contributed by atoms with Gasteiger partial charge in [0.25, 0.3) is 0 Å². The van der Waals surface area contributed by atoms with E-state index in [0.29, 0.717) is 22.3 Å². The topological polar surface area (TPSA) is 119 Å². The minimum atomic E-state index is -1.14. The summed E-state index contributed by atoms with van der Waals surface area (Å²) in [5.41, 5.74) is 2.25. The molecule has 216 valence electrons. The second-order valence-corrected chi connectivity index (χ2v) is 9.92. The molecular formula is C33H27N3O7. The summed E-state index contributed by atoms with van der Waals surface area (Å²) in [5, 5.41) is 0.774. The Morgan fingerprint density at radius 2 is 1.26 bits per heavy atom. The smallest absolute Gasteiger partial charge is 0.338 e. The molecule has 1 unspecified atom stereocenters. The number of ether oxygens (including phenoxy) is 4. The summed E-state index contributed by atoms with van der Waals surface area (Å²) in [6.07, 6.45) is -1.07. The fourth-order valence-electron chi connectivity index (χ4n) is 4.98. The van der Waals surface area contributed by atoms with Gasteiger partial charge >= 0.3 is 17.9 Å². The molecule has 6 rings (SSSR count). The van der Waals surface area contributed by atoms with Crippen LogP contribution in [-0.4, -0.2) is 57.4 Å². The number of nitrogens with zero attached hydrogens (tertiary/aromatic N) is 3. The lowest BCUT2D eigenvalue weighted by molar-refractivity contribution is -0.0604. The quantitative estimate of drug-likeness (QED) is 0.186. The molecule has 1 aliphatic rings. The van der Waals surface area contributed by atoms with Gasteiger partial charge in [0, 0.05) is 11.6 Å². The Balaban J connectivity index is 1.37. The highest BCUT2D eigenvalue weighted by molar-refractivity contribution is 5.91. The van der Waals surface area contributed by atoms with Crippen molar-refractivity contribution in [3.05, 3.63) is 132 Å². The first kappa shape index (κ1) is 27.8. The second-order valence-electron chi connectivity index (χ2n) is 9.92. The van der Waals surface area contributed by atoms with Gasteiger partial charge in [-0.3, -0.25) is 0 Å². The first-order valence-electron chi connectivity index (χ1n) is 13.7. The molecular weight excluding hydrogens is 550 g/mol. The molecule has 1 fully saturated rings. The van der Waals surface area contributed by atoms with E-state index in [4.69, 9.17) is 18.9 Å². The number of esters is 3. The van der Waals surface area contributed by atoms with Crippen LogP contribution in [0.4, 0.5) is 0 Å². The number of hydrogen-bond acceptors (Lipinski definition) is 9. The molecule has 10 nitrogen and oxygen atoms in total. The molecule has 10 heteroatoms. The Labute approximate surface area is 246 Å². The largest absolute Gasteiger partial charge is 0.459 e. The maximum atomic E-state index is 13.4. The van der Waals surface area contributed by atoms with E-state index in [1.165, 1.54) is 6.33 Å². The van der Waals surface area contributed by atoms with E-state index in [0.717, 1.165) is 11.1 Å². The van der Waals surface area contributed by atoms with Crippen molar-refractivity contribution >= 4 is 28.9 Å². The number of aromatic nitrogens is 3. The molecule has 1 saturated heterocycles. The lowest BCUT2D eigenvalue weighted by atomic mass is 10.1. The number of carbonyl (C=O) groups is 3. The van der Waals surface area contributed by atoms with Crippen LogP contribution in [0.5, 0.6) is 0 Å². The number of benzene rings is 3. The Bertz CT molecular complexity index is 1740. The van der Waals surface area contributed by atoms with Gasteiger partial charge in [-0.15, -0.1) is 0 Å². The summed E-state index contributed by atoms with van der Waals surface area (Å²) in [6.45, 7) is 1.58. The third-order valence-corrected chi connectivity index (χ3v) is 7.16. The van der Waals surface area contributed by atoms with Gasteiger partial charge in [-0.1, -0.05) is 54.6 Å². The molecule has 0 saturated carbocycles. The van der Waals surface area contributed by atoms with Gasteiger partial charge in [0.1, 0.15) is 24.7 Å². The molecule has 0 aliphatic carbocycles. The van der Waals surface area contributed by atoms with E-state index in [-0.39, 0.29) is 6.61 Å². The zero-order valence-corrected chi connectivity index (χ0v) is 23.1. The van der Waals surface area contributed by atoms with Crippen LogP contribution in [0.15, 0.2) is 110 Å². The minimum Gasteiger partial charge on any atom is -0.459 e. The maximum Gasteiger partial charge on any atom is 0.338 e. The highest BCUT2D eigenvalue weighted by Gasteiger charge is 2.51. The van der Waals surface area contributed by atoms with E-state index in [2.05, 4.69) is 9.97 Å². The summed E-state index contributed by atoms with van der Waals surface area (Å²) in [6, 6.07) is 27.2. The van der Waals surface area contributed by atoms with Gasteiger partial charge in [-0.05, 0) is 49.4 Å². The number of carbonyl (C=O) groups excluding carboxylic acids is 3. The molecule has 43 heavy (non-hydrogen) atoms. The lowest BCUT2D eigenvalue weighted by Gasteiger charge is -2.25. The Kier molecular flexibility index (Phi) is 7.92. The van der Waals surface area contributed by atoms with Crippen LogP contribution < -0.4 is 0 Å². The highest BCUT2D eigenvalue weighted by Crippen LogP contribution is 2.37. The molecule has 0 amide bonds. The SMILES string of the molecule is Cc1ncnc2c1ccn2[C@@H]1O[C@H](COC(=O)c2ccccc2)C(OC(=O)c2ccccc2)[C@@H]1OC(=O)c1ccccc1. The van der Waals surface area contributed by atoms with Crippen LogP contribution in [0.25, 0.3) is 11.0 Å². The summed E-state index contributed by atoms with van der Waals surface area (Å²) in [4.78, 5) is 48.2. The van der Waals surface area contributed by atoms with Crippen molar-refractivity contribution in [2.45, 2.75) is 31.5 Å². The third-order valence-electron chi connectivity index (χ3n) is 7.16. The molecule has 2 aromatic heterocycles. The van der Waals surface area contributed by atoms with Crippen molar-refractivity contribution in [1.82, 2.24) is 14.5 Å². The summed E-state index contributed by atoms with van der Waals surface area (Å²) < 4.78 is 25.7. The average molecular weight is 578 g/mol. The Morgan fingerprint density at radius 1 is 0.721 bits per heavy atom. The van der Waals surface area contributed by atoms with Gasteiger partial charge in [-0.25, -0.2) is 24.4 Å². The molecule has 0 spiro atoms. The number of fused-ring (bicyclic) bond motifs is 1. The Morgan fingerprint density at radius 3 is 1.84 bits per heavy atom. The molecule has 0 radical (unpaired) electrons. The molecule has 3 aromatic carbocycles. The van der Waals surface area contributed by atoms with Crippen LogP contribution in [0.1, 0.15) is 43.0 Å². The van der Waals surface area contributed by atoms with Gasteiger partial charge in [0.2, 0.25) is 0 Å². The third kappa shape index (κ3) is 5.86. The normalized spacial score (nSPS) is 19.6. The summed E-state index contributed by atoms with van der Waals surface area (Å²) >= 11 is 0. The first-order valence-corrected chi connectivity index (χ1v) is 13.7. The zero-order chi connectivity index (χ0) is 29.8. The number of hydrogen-bond donors (Lipinski definition) is 0. The standard InChI is InChI=1S/C33H27N3O7/c1-21-25-17-18-36(29(25)35-20-34-21)30-28(43-33(39)24-15-9-4-10-16-24)27(42-32(38)23-13-7-3-8-14-23)26(41-30)19-40-31(37)22-11-5-2-6-12-22/h2-18,20,26-28,30H,19H2,1H3/t26-,27?,28+,30-/m1/s1. The van der Waals surface area contributed by atoms with Crippen molar-refractivity contribution in [2.24, 2.45) is 0 Å². The second kappa shape index (κ2) is 12.3. The molecule has 0 bridgehead atoms. The average Bonchev–Trinajstić information content (AvgIpc) is 3.63. The molecule has 0 N–H and O–H groups in total. The molecule has 3 heterocycles. The zero-order valence-electron chi connectivity index (χ0n) is 23.1. The van der Waals surface area contributed by atoms with Gasteiger partial charge in [0.15, 0.2) is 18.4 Å². The Hall–Kier alpha value is -5.35. The van der Waals surface area contributed by atoms with Crippen LogP contribution in [0.3, 0.4) is 0 Å². The van der Waals surface area contributed by atoms with Crippen LogP contribution in [0.2, 0.25) is 0 Å². The van der Waals surface area contributed by atoms with E-state index >= 15 is 0 Å². The van der Waals surface area contributed by atoms with Crippen molar-refractivity contribution in [2.75, 3.05) is 6.61 Å². The van der Waals surface area contributed by atoms with Crippen LogP contribution in [0, 0.1) is 6.92 Å². The van der Waals surface area contributed by atoms with E-state index in [1.807, 2.05) is 13.0 Å². The van der Waals surface area contributed by atoms with Gasteiger partial charge in [-0.2, -0.15) is 0 Å². The molecule has 5 aromatic rings. The van der Waals surface area contributed by atoms with Gasteiger partial charge < -0.3 is 23.5 Å². The monoisotopic (exact) mass is 577 g/mol. The van der Waals surface area contributed by atoms with E-state index < -0.39 is 42.4 Å². The number of aryl methyl sites for hydroxylation is 1. The minimum absolute atomic E-state index is 0.274. The predicted octanol–water partition coefficient (Wildman–Crippen LogP) is 4.95. The highest BCUT2D eigenvalue weighted by atomic mass is 16.7. The van der Waals surface area contributed by atoms with Crippen molar-refractivity contribution in [1.29, 1.82) is 0 Å². The van der Waals surface area contributed by atoms with Gasteiger partial charge in [0.05, 0.1) is 22.4 Å². The van der Waals surface area contributed by atoms with Crippen molar-refractivity contribution in [3.63, 3.8) is 0 Å². The predicted molar refractivity (Wildman–Crippen MR) is 154 cm³/mol. The fraction of sp³-hybridized carbons (Fsp3) is 0.182. The lowest BCUT2D eigenvalue weighted by Crippen LogP contribution is -2.41. The van der Waals surface area contributed by atoms with Crippen molar-refractivity contribution in [3.8, 4) is 0 Å². The number of rotatable bonds is 8. The maximum absolute atomic E-state index is 13.4. The van der Waals surface area contributed by atoms with Crippen LogP contribution in [-0.2, 0) is 18.9 Å². The van der Waals surface area contributed by atoms with E-state index in [1.54, 1.807) is 102 Å². The van der Waals surface area contributed by atoms with Crippen LogP contribution >= 0.6 is 0 Å². The van der Waals surface area contributed by atoms with Crippen molar-refractivity contribution < 1.29 is 33.3 Å². The van der Waals surface area contributed by atoms with E-state index in [9.17, 15) is 14.4 Å². The molecule has 1 aliphatic heterocycles. The summed E-state index contributed by atoms with van der Waals surface area (Å²) in [5.74, 6) is -1.86.